The fourth-order valence-electron chi connectivity index (χ4n) is 15.1. The molecule has 47 heavy (non-hydrogen) atoms. The van der Waals surface area contributed by atoms with Gasteiger partial charge in [-0.1, -0.05) is 66.0 Å². The third-order valence-electron chi connectivity index (χ3n) is 17.2. The summed E-state index contributed by atoms with van der Waals surface area (Å²) in [4.78, 5) is 16.0. The van der Waals surface area contributed by atoms with Gasteiger partial charge in [0.2, 0.25) is 0 Å². The van der Waals surface area contributed by atoms with Crippen LogP contribution in [0.4, 0.5) is 4.79 Å². The second-order valence-electron chi connectivity index (χ2n) is 20.8. The van der Waals surface area contributed by atoms with Crippen molar-refractivity contribution in [2.75, 3.05) is 13.1 Å². The number of carbonyl (C=O) groups is 1. The Morgan fingerprint density at radius 3 is 2.11 bits per heavy atom. The maximum atomic E-state index is 13.9. The molecule has 1 amide bonds. The van der Waals surface area contributed by atoms with Gasteiger partial charge in [0.05, 0.1) is 0 Å². The molecule has 264 valence electrons. The Kier molecular flexibility index (Phi) is 7.72. The van der Waals surface area contributed by atoms with Crippen LogP contribution in [0.2, 0.25) is 0 Å². The summed E-state index contributed by atoms with van der Waals surface area (Å²) >= 11 is 0. The minimum Gasteiger partial charge on any atom is -0.446 e. The Labute approximate surface area is 287 Å². The Balaban J connectivity index is 0.906. The highest BCUT2D eigenvalue weighted by atomic mass is 16.6. The molecule has 0 unspecified atom stereocenters. The first-order chi connectivity index (χ1) is 22.1. The third-order valence-corrected chi connectivity index (χ3v) is 17.2. The Bertz CT molecular complexity index is 1210. The van der Waals surface area contributed by atoms with Crippen LogP contribution in [-0.4, -0.2) is 41.3 Å². The number of hydrogen-bond donors (Lipinski definition) is 2. The smallest absolute Gasteiger partial charge is 0.410 e. The molecule has 9 atom stereocenters. The average molecular weight is 648 g/mol. The SMILES string of the molecule is CC[C@H](CC[C@@H](C)[C@H]1CC[C@H]2[C@@H]3CC=C4C[C@@H](OC(=O)N(CC56CC(N)(C5)C6)CC56CC(N)(C5)C6)CC[C@]4(C)[C@H]3CC[C@]12C)C(C)C. The molecule has 0 aromatic heterocycles. The number of carbonyl (C=O) groups excluding carboxylic acids is 1. The number of nitrogens with two attached hydrogens (primary N) is 2. The van der Waals surface area contributed by atoms with Gasteiger partial charge in [-0.05, 0) is 153 Å². The van der Waals surface area contributed by atoms with Crippen LogP contribution in [0.15, 0.2) is 11.6 Å². The van der Waals surface area contributed by atoms with E-state index in [0.29, 0.717) is 5.41 Å². The van der Waals surface area contributed by atoms with Gasteiger partial charge in [-0.3, -0.25) is 0 Å². The molecular formula is C42H69N3O2. The van der Waals surface area contributed by atoms with Crippen molar-refractivity contribution in [1.29, 1.82) is 0 Å². The Hall–Kier alpha value is -1.07. The lowest BCUT2D eigenvalue weighted by molar-refractivity contribution is -0.173. The van der Waals surface area contributed by atoms with Crippen molar-refractivity contribution in [2.24, 2.45) is 74.6 Å². The molecule has 10 aliphatic rings. The zero-order chi connectivity index (χ0) is 33.2. The number of hydrogen-bond acceptors (Lipinski definition) is 4. The van der Waals surface area contributed by atoms with Crippen molar-refractivity contribution >= 4 is 6.09 Å². The fraction of sp³-hybridized carbons (Fsp3) is 0.929. The average Bonchev–Trinajstić information content (AvgIpc) is 3.31. The highest BCUT2D eigenvalue weighted by Gasteiger charge is 2.69. The van der Waals surface area contributed by atoms with Crippen LogP contribution in [0.5, 0.6) is 0 Å². The van der Waals surface area contributed by atoms with E-state index in [1.54, 1.807) is 5.57 Å². The molecule has 0 heterocycles. The second-order valence-corrected chi connectivity index (χ2v) is 20.8. The first-order valence-corrected chi connectivity index (χ1v) is 20.3. The van der Waals surface area contributed by atoms with Crippen molar-refractivity contribution < 1.29 is 9.53 Å². The molecule has 9 saturated carbocycles. The first kappa shape index (κ1) is 33.1. The van der Waals surface area contributed by atoms with Crippen LogP contribution in [0.3, 0.4) is 0 Å². The van der Waals surface area contributed by atoms with E-state index in [0.717, 1.165) is 106 Å². The fourth-order valence-corrected chi connectivity index (χ4v) is 15.1. The zero-order valence-electron chi connectivity index (χ0n) is 31.0. The maximum Gasteiger partial charge on any atom is 0.410 e. The van der Waals surface area contributed by atoms with Gasteiger partial charge < -0.3 is 21.1 Å². The molecule has 0 aromatic rings. The highest BCUT2D eigenvalue weighted by Crippen LogP contribution is 2.69. The molecule has 0 spiro atoms. The lowest BCUT2D eigenvalue weighted by atomic mass is 9.38. The first-order valence-electron chi connectivity index (χ1n) is 20.3. The van der Waals surface area contributed by atoms with E-state index < -0.39 is 0 Å². The van der Waals surface area contributed by atoms with E-state index in [1.807, 2.05) is 0 Å². The quantitative estimate of drug-likeness (QED) is 0.219. The van der Waals surface area contributed by atoms with Crippen LogP contribution in [-0.2, 0) is 4.74 Å². The standard InChI is InChI=1S/C42H69N3O2/c1-7-29(27(2)3)9-8-28(4)33-12-13-34-32-11-10-30-18-31(14-16-37(30,5)35(32)15-17-38(33,34)6)47-36(46)45(25-39-19-41(43,20-39)21-39)26-40-22-42(44,23-40)24-40/h10,27-29,31-35H,7-9,11-26,43-44H2,1-6H3/t28-,29-,31+,32+,33-,34+,35+,37+,38-,39?,40?,41?,42?/m1/s1. The van der Waals surface area contributed by atoms with Crippen LogP contribution in [0, 0.1) is 63.1 Å². The van der Waals surface area contributed by atoms with Crippen molar-refractivity contribution in [3.63, 3.8) is 0 Å². The predicted molar refractivity (Wildman–Crippen MR) is 190 cm³/mol. The molecular weight excluding hydrogens is 578 g/mol. The molecule has 10 aliphatic carbocycles. The molecule has 0 aliphatic heterocycles. The topological polar surface area (TPSA) is 81.6 Å². The van der Waals surface area contributed by atoms with Gasteiger partial charge in [-0.15, -0.1) is 0 Å². The lowest BCUT2D eigenvalue weighted by Gasteiger charge is -2.72. The van der Waals surface area contributed by atoms with Crippen molar-refractivity contribution in [3.05, 3.63) is 11.6 Å². The van der Waals surface area contributed by atoms with E-state index >= 15 is 0 Å². The van der Waals surface area contributed by atoms with Gasteiger partial charge >= 0.3 is 6.09 Å². The molecule has 5 heteroatoms. The zero-order valence-corrected chi connectivity index (χ0v) is 31.0. The number of fused-ring (bicyclic) bond motifs is 5. The van der Waals surface area contributed by atoms with E-state index in [4.69, 9.17) is 16.2 Å². The largest absolute Gasteiger partial charge is 0.446 e. The van der Waals surface area contributed by atoms with Gasteiger partial charge in [-0.2, -0.15) is 0 Å². The molecule has 0 saturated heterocycles. The summed E-state index contributed by atoms with van der Waals surface area (Å²) in [5, 5.41) is 0. The Morgan fingerprint density at radius 2 is 1.53 bits per heavy atom. The number of amides is 1. The van der Waals surface area contributed by atoms with E-state index in [2.05, 4.69) is 52.5 Å². The van der Waals surface area contributed by atoms with Gasteiger partial charge in [0.15, 0.2) is 0 Å². The third kappa shape index (κ3) is 5.22. The number of nitrogens with zero attached hydrogens (tertiary/aromatic N) is 1. The molecule has 5 nitrogen and oxygen atoms in total. The summed E-state index contributed by atoms with van der Waals surface area (Å²) in [6.45, 7) is 16.8. The minimum absolute atomic E-state index is 0.0204. The number of ether oxygens (including phenoxy) is 1. The van der Waals surface area contributed by atoms with Crippen LogP contribution in [0.25, 0.3) is 0 Å². The Morgan fingerprint density at radius 1 is 0.894 bits per heavy atom. The van der Waals surface area contributed by atoms with Crippen LogP contribution < -0.4 is 11.5 Å². The molecule has 9 fully saturated rings. The lowest BCUT2D eigenvalue weighted by Crippen LogP contribution is -2.77. The highest BCUT2D eigenvalue weighted by molar-refractivity contribution is 5.68. The summed E-state index contributed by atoms with van der Waals surface area (Å²) in [7, 11) is 0. The normalized spacial score (nSPS) is 49.9. The second kappa shape index (κ2) is 11.0. The van der Waals surface area contributed by atoms with E-state index in [1.165, 1.54) is 57.8 Å². The molecule has 10 rings (SSSR count). The van der Waals surface area contributed by atoms with Gasteiger partial charge in [0, 0.05) is 30.6 Å². The van der Waals surface area contributed by atoms with E-state index in [-0.39, 0.29) is 39.5 Å². The molecule has 4 bridgehead atoms. The summed E-state index contributed by atoms with van der Waals surface area (Å²) < 4.78 is 6.47. The predicted octanol–water partition coefficient (Wildman–Crippen LogP) is 9.23. The van der Waals surface area contributed by atoms with Crippen molar-refractivity contribution in [1.82, 2.24) is 4.90 Å². The minimum atomic E-state index is -0.0577. The maximum absolute atomic E-state index is 13.9. The molecule has 0 radical (unpaired) electrons. The number of allylic oxidation sites excluding steroid dienone is 1. The number of rotatable bonds is 11. The summed E-state index contributed by atoms with van der Waals surface area (Å²) in [6.07, 6.45) is 23.3. The summed E-state index contributed by atoms with van der Waals surface area (Å²) in [5.74, 6) is 5.96. The van der Waals surface area contributed by atoms with Gasteiger partial charge in [0.25, 0.3) is 0 Å². The summed E-state index contributed by atoms with van der Waals surface area (Å²) in [5.41, 5.74) is 15.9. The van der Waals surface area contributed by atoms with Gasteiger partial charge in [-0.25, -0.2) is 4.79 Å². The summed E-state index contributed by atoms with van der Waals surface area (Å²) in [6, 6.07) is 0. The molecule has 4 N–H and O–H groups in total. The molecule has 0 aromatic carbocycles. The van der Waals surface area contributed by atoms with Crippen LogP contribution in [0.1, 0.15) is 151 Å². The van der Waals surface area contributed by atoms with Crippen molar-refractivity contribution in [2.45, 2.75) is 168 Å². The van der Waals surface area contributed by atoms with E-state index in [9.17, 15) is 4.79 Å². The van der Waals surface area contributed by atoms with Gasteiger partial charge in [0.1, 0.15) is 6.10 Å². The van der Waals surface area contributed by atoms with Crippen molar-refractivity contribution in [3.8, 4) is 0 Å². The van der Waals surface area contributed by atoms with Crippen LogP contribution >= 0.6 is 0 Å². The monoisotopic (exact) mass is 648 g/mol.